The summed E-state index contributed by atoms with van der Waals surface area (Å²) >= 11 is 0. The van der Waals surface area contributed by atoms with Crippen molar-refractivity contribution in [3.8, 4) is 28.7 Å². The van der Waals surface area contributed by atoms with Gasteiger partial charge in [0.05, 0.1) is 19.8 Å². The van der Waals surface area contributed by atoms with Crippen molar-refractivity contribution in [1.29, 1.82) is 5.26 Å². The molecule has 0 aliphatic carbocycles. The van der Waals surface area contributed by atoms with E-state index in [0.29, 0.717) is 30.0 Å². The Morgan fingerprint density at radius 2 is 2.04 bits per heavy atom. The van der Waals surface area contributed by atoms with Crippen LogP contribution in [0.2, 0.25) is 6.32 Å². The number of methoxy groups -OCH3 is 2. The molecule has 1 atom stereocenters. The number of hydrogen-bond acceptors (Lipinski definition) is 5. The fourth-order valence-electron chi connectivity index (χ4n) is 3.03. The van der Waals surface area contributed by atoms with Crippen LogP contribution in [0.4, 0.5) is 0 Å². The zero-order chi connectivity index (χ0) is 17.1. The SMILES string of the molecule is COc1cc(-c2cccc([C@@H]3COB(O)C3)c2)cc(C#N)c1OC. The summed E-state index contributed by atoms with van der Waals surface area (Å²) in [4.78, 5) is 0. The molecule has 6 heteroatoms. The van der Waals surface area contributed by atoms with E-state index >= 15 is 0 Å². The van der Waals surface area contributed by atoms with Crippen LogP contribution in [-0.4, -0.2) is 33.0 Å². The molecule has 0 amide bonds. The van der Waals surface area contributed by atoms with Gasteiger partial charge in [0.25, 0.3) is 0 Å². The zero-order valence-electron chi connectivity index (χ0n) is 13.7. The number of ether oxygens (including phenoxy) is 2. The molecule has 0 saturated carbocycles. The van der Waals surface area contributed by atoms with Crippen LogP contribution in [0.15, 0.2) is 36.4 Å². The molecular formula is C18H18BNO4. The van der Waals surface area contributed by atoms with E-state index in [-0.39, 0.29) is 5.92 Å². The Hall–Kier alpha value is -2.49. The Morgan fingerprint density at radius 1 is 1.21 bits per heavy atom. The Balaban J connectivity index is 2.02. The molecule has 1 aliphatic rings. The molecule has 0 radical (unpaired) electrons. The normalized spacial score (nSPS) is 16.8. The van der Waals surface area contributed by atoms with Gasteiger partial charge in [0, 0.05) is 12.5 Å². The Labute approximate surface area is 141 Å². The Kier molecular flexibility index (Phi) is 4.75. The van der Waals surface area contributed by atoms with Gasteiger partial charge in [-0.25, -0.2) is 0 Å². The molecule has 2 aromatic rings. The van der Waals surface area contributed by atoms with Gasteiger partial charge in [-0.1, -0.05) is 24.3 Å². The van der Waals surface area contributed by atoms with Crippen LogP contribution in [0.25, 0.3) is 11.1 Å². The van der Waals surface area contributed by atoms with E-state index in [1.165, 1.54) is 7.11 Å². The molecule has 1 heterocycles. The van der Waals surface area contributed by atoms with Crippen molar-refractivity contribution in [3.63, 3.8) is 0 Å². The third-order valence-corrected chi connectivity index (χ3v) is 4.27. The molecule has 3 rings (SSSR count). The summed E-state index contributed by atoms with van der Waals surface area (Å²) in [6, 6.07) is 13.8. The third kappa shape index (κ3) is 3.09. The van der Waals surface area contributed by atoms with Gasteiger partial charge in [-0.15, -0.1) is 0 Å². The second kappa shape index (κ2) is 6.96. The minimum atomic E-state index is -0.690. The van der Waals surface area contributed by atoms with E-state index in [1.807, 2.05) is 24.3 Å². The van der Waals surface area contributed by atoms with Crippen molar-refractivity contribution >= 4 is 7.12 Å². The van der Waals surface area contributed by atoms with Crippen molar-refractivity contribution in [2.75, 3.05) is 20.8 Å². The quantitative estimate of drug-likeness (QED) is 0.876. The highest BCUT2D eigenvalue weighted by Gasteiger charge is 2.29. The van der Waals surface area contributed by atoms with Gasteiger partial charge in [-0.05, 0) is 35.1 Å². The molecule has 24 heavy (non-hydrogen) atoms. The number of nitrogens with zero attached hydrogens (tertiary/aromatic N) is 1. The lowest BCUT2D eigenvalue weighted by Gasteiger charge is -2.14. The molecule has 1 fully saturated rings. The van der Waals surface area contributed by atoms with Crippen molar-refractivity contribution in [2.24, 2.45) is 0 Å². The Morgan fingerprint density at radius 3 is 2.67 bits per heavy atom. The van der Waals surface area contributed by atoms with Crippen molar-refractivity contribution in [2.45, 2.75) is 12.2 Å². The van der Waals surface area contributed by atoms with Crippen LogP contribution in [0.5, 0.6) is 11.5 Å². The van der Waals surface area contributed by atoms with Gasteiger partial charge < -0.3 is 19.2 Å². The number of rotatable bonds is 4. The summed E-state index contributed by atoms with van der Waals surface area (Å²) < 4.78 is 15.9. The van der Waals surface area contributed by atoms with Crippen molar-refractivity contribution in [3.05, 3.63) is 47.5 Å². The zero-order valence-corrected chi connectivity index (χ0v) is 13.7. The second-order valence-electron chi connectivity index (χ2n) is 5.72. The van der Waals surface area contributed by atoms with Crippen LogP contribution in [-0.2, 0) is 4.65 Å². The first-order chi connectivity index (χ1) is 11.7. The minimum absolute atomic E-state index is 0.176. The van der Waals surface area contributed by atoms with Crippen molar-refractivity contribution in [1.82, 2.24) is 0 Å². The lowest BCUT2D eigenvalue weighted by atomic mass is 9.79. The lowest BCUT2D eigenvalue weighted by molar-refractivity contribution is 0.292. The maximum absolute atomic E-state index is 9.55. The fourth-order valence-corrected chi connectivity index (χ4v) is 3.03. The van der Waals surface area contributed by atoms with E-state index in [2.05, 4.69) is 12.1 Å². The predicted octanol–water partition coefficient (Wildman–Crippen LogP) is 2.84. The first kappa shape index (κ1) is 16.4. The van der Waals surface area contributed by atoms with Crippen LogP contribution < -0.4 is 9.47 Å². The van der Waals surface area contributed by atoms with Crippen LogP contribution in [0, 0.1) is 11.3 Å². The van der Waals surface area contributed by atoms with Gasteiger partial charge in [-0.2, -0.15) is 5.26 Å². The predicted molar refractivity (Wildman–Crippen MR) is 91.2 cm³/mol. The number of benzene rings is 2. The van der Waals surface area contributed by atoms with E-state index in [1.54, 1.807) is 13.2 Å². The highest BCUT2D eigenvalue weighted by Crippen LogP contribution is 2.37. The molecule has 1 saturated heterocycles. The van der Waals surface area contributed by atoms with Crippen LogP contribution in [0.3, 0.4) is 0 Å². The number of hydrogen-bond donors (Lipinski definition) is 1. The Bertz CT molecular complexity index is 787. The second-order valence-corrected chi connectivity index (χ2v) is 5.72. The summed E-state index contributed by atoms with van der Waals surface area (Å²) in [6.45, 7) is 0.514. The van der Waals surface area contributed by atoms with Gasteiger partial charge in [0.2, 0.25) is 0 Å². The summed E-state index contributed by atoms with van der Waals surface area (Å²) in [5.74, 6) is 1.14. The maximum Gasteiger partial charge on any atom is 0.454 e. The highest BCUT2D eigenvalue weighted by atomic mass is 16.5. The summed E-state index contributed by atoms with van der Waals surface area (Å²) in [6.07, 6.45) is 0.596. The van der Waals surface area contributed by atoms with E-state index in [9.17, 15) is 10.3 Å². The number of nitriles is 1. The largest absolute Gasteiger partial charge is 0.493 e. The third-order valence-electron chi connectivity index (χ3n) is 4.27. The molecule has 122 valence electrons. The van der Waals surface area contributed by atoms with E-state index < -0.39 is 7.12 Å². The van der Waals surface area contributed by atoms with Gasteiger partial charge in [-0.3, -0.25) is 0 Å². The maximum atomic E-state index is 9.55. The molecule has 2 aromatic carbocycles. The summed E-state index contributed by atoms with van der Waals surface area (Å²) in [5.41, 5.74) is 3.39. The van der Waals surface area contributed by atoms with Gasteiger partial charge in [0.1, 0.15) is 6.07 Å². The molecule has 1 N–H and O–H groups in total. The van der Waals surface area contributed by atoms with Crippen molar-refractivity contribution < 1.29 is 19.2 Å². The van der Waals surface area contributed by atoms with Crippen LogP contribution in [0.1, 0.15) is 17.0 Å². The topological polar surface area (TPSA) is 71.7 Å². The highest BCUT2D eigenvalue weighted by molar-refractivity contribution is 6.43. The molecule has 5 nitrogen and oxygen atoms in total. The minimum Gasteiger partial charge on any atom is -0.493 e. The van der Waals surface area contributed by atoms with Gasteiger partial charge >= 0.3 is 7.12 Å². The molecule has 0 bridgehead atoms. The molecule has 1 aliphatic heterocycles. The molecule has 0 spiro atoms. The molecular weight excluding hydrogens is 305 g/mol. The standard InChI is InChI=1S/C18H18BNO4/c1-22-17-8-14(7-15(10-20)18(17)23-2)12-4-3-5-13(6-12)16-9-19(21)24-11-16/h3-8,16,21H,9,11H2,1-2H3/t16-/m0/s1. The lowest BCUT2D eigenvalue weighted by Crippen LogP contribution is -2.07. The van der Waals surface area contributed by atoms with E-state index in [4.69, 9.17) is 14.1 Å². The monoisotopic (exact) mass is 323 g/mol. The van der Waals surface area contributed by atoms with Crippen LogP contribution >= 0.6 is 0 Å². The molecule has 0 unspecified atom stereocenters. The first-order valence-corrected chi connectivity index (χ1v) is 7.72. The molecule has 0 aromatic heterocycles. The smallest absolute Gasteiger partial charge is 0.454 e. The average Bonchev–Trinajstić information content (AvgIpc) is 3.07. The average molecular weight is 323 g/mol. The summed E-state index contributed by atoms with van der Waals surface area (Å²) in [7, 11) is 2.38. The van der Waals surface area contributed by atoms with Gasteiger partial charge in [0.15, 0.2) is 11.5 Å². The van der Waals surface area contributed by atoms with E-state index in [0.717, 1.165) is 16.7 Å². The first-order valence-electron chi connectivity index (χ1n) is 7.72. The fraction of sp³-hybridized carbons (Fsp3) is 0.278. The summed E-state index contributed by atoms with van der Waals surface area (Å²) in [5, 5.41) is 18.9.